The van der Waals surface area contributed by atoms with Gasteiger partial charge in [-0.15, -0.1) is 0 Å². The molecule has 2 unspecified atom stereocenters. The van der Waals surface area contributed by atoms with E-state index < -0.39 is 0 Å². The van der Waals surface area contributed by atoms with Crippen LogP contribution in [0.15, 0.2) is 22.7 Å². The molecule has 1 aromatic rings. The number of benzene rings is 1. The summed E-state index contributed by atoms with van der Waals surface area (Å²) in [5.41, 5.74) is 7.06. The van der Waals surface area contributed by atoms with Crippen LogP contribution in [-0.4, -0.2) is 12.1 Å². The van der Waals surface area contributed by atoms with Gasteiger partial charge in [0.1, 0.15) is 0 Å². The Balaban J connectivity index is 1.92. The van der Waals surface area contributed by atoms with Crippen molar-refractivity contribution in [1.29, 1.82) is 0 Å². The lowest BCUT2D eigenvalue weighted by molar-refractivity contribution is 0.00408. The summed E-state index contributed by atoms with van der Waals surface area (Å²) in [4.78, 5) is 0. The molecule has 0 radical (unpaired) electrons. The van der Waals surface area contributed by atoms with Crippen molar-refractivity contribution in [2.45, 2.75) is 44.4 Å². The van der Waals surface area contributed by atoms with E-state index in [4.69, 9.17) is 22.1 Å². The topological polar surface area (TPSA) is 35.2 Å². The predicted octanol–water partition coefficient (Wildman–Crippen LogP) is 3.89. The highest BCUT2D eigenvalue weighted by atomic mass is 79.9. The third-order valence-corrected chi connectivity index (χ3v) is 4.07. The Morgan fingerprint density at radius 2 is 2.12 bits per heavy atom. The summed E-state index contributed by atoms with van der Waals surface area (Å²) in [6.45, 7) is 0.546. The fourth-order valence-electron chi connectivity index (χ4n) is 2.17. The van der Waals surface area contributed by atoms with E-state index in [1.807, 2.05) is 18.2 Å². The molecule has 2 atom stereocenters. The summed E-state index contributed by atoms with van der Waals surface area (Å²) in [5, 5.41) is 0.740. The van der Waals surface area contributed by atoms with Crippen molar-refractivity contribution in [3.05, 3.63) is 33.3 Å². The van der Waals surface area contributed by atoms with Crippen molar-refractivity contribution in [2.24, 2.45) is 5.73 Å². The molecule has 4 heteroatoms. The van der Waals surface area contributed by atoms with Crippen molar-refractivity contribution in [1.82, 2.24) is 0 Å². The second kappa shape index (κ2) is 6.19. The van der Waals surface area contributed by atoms with Gasteiger partial charge >= 0.3 is 0 Å². The third kappa shape index (κ3) is 3.68. The van der Waals surface area contributed by atoms with Gasteiger partial charge in [0.2, 0.25) is 0 Å². The van der Waals surface area contributed by atoms with Crippen LogP contribution < -0.4 is 5.73 Å². The summed E-state index contributed by atoms with van der Waals surface area (Å²) in [5.74, 6) is 0. The first-order chi connectivity index (χ1) is 8.16. The predicted molar refractivity (Wildman–Crippen MR) is 74.2 cm³/mol. The normalized spacial score (nSPS) is 24.9. The largest absolute Gasteiger partial charge is 0.372 e. The molecule has 0 saturated heterocycles. The Bertz CT molecular complexity index is 386. The number of hydrogen-bond acceptors (Lipinski definition) is 2. The van der Waals surface area contributed by atoms with Crippen LogP contribution >= 0.6 is 27.5 Å². The zero-order valence-electron chi connectivity index (χ0n) is 9.66. The Morgan fingerprint density at radius 1 is 1.35 bits per heavy atom. The fraction of sp³-hybridized carbons (Fsp3) is 0.538. The van der Waals surface area contributed by atoms with Gasteiger partial charge in [-0.25, -0.2) is 0 Å². The molecule has 17 heavy (non-hydrogen) atoms. The van der Waals surface area contributed by atoms with Crippen LogP contribution in [-0.2, 0) is 11.3 Å². The van der Waals surface area contributed by atoms with E-state index >= 15 is 0 Å². The molecule has 0 aromatic heterocycles. The number of nitrogens with two attached hydrogens (primary N) is 1. The zero-order valence-corrected chi connectivity index (χ0v) is 12.0. The van der Waals surface area contributed by atoms with E-state index in [9.17, 15) is 0 Å². The van der Waals surface area contributed by atoms with Crippen LogP contribution in [0.3, 0.4) is 0 Å². The van der Waals surface area contributed by atoms with Gasteiger partial charge in [-0.1, -0.05) is 46.4 Å². The molecular formula is C13H17BrClNO. The molecule has 94 valence electrons. The van der Waals surface area contributed by atoms with Crippen LogP contribution in [0.4, 0.5) is 0 Å². The number of rotatable bonds is 3. The maximum atomic E-state index is 6.14. The van der Waals surface area contributed by atoms with Gasteiger partial charge in [0.15, 0.2) is 0 Å². The minimum atomic E-state index is 0.179. The molecule has 1 fully saturated rings. The number of hydrogen-bond donors (Lipinski definition) is 1. The summed E-state index contributed by atoms with van der Waals surface area (Å²) in [6, 6.07) is 6.03. The second-order valence-electron chi connectivity index (χ2n) is 4.53. The van der Waals surface area contributed by atoms with Crippen LogP contribution in [0.1, 0.15) is 31.2 Å². The molecule has 1 aliphatic rings. The molecule has 2 nitrogen and oxygen atoms in total. The van der Waals surface area contributed by atoms with Crippen molar-refractivity contribution < 1.29 is 4.74 Å². The Kier molecular flexibility index (Phi) is 4.86. The second-order valence-corrected chi connectivity index (χ2v) is 5.86. The first-order valence-corrected chi connectivity index (χ1v) is 7.15. The van der Waals surface area contributed by atoms with Crippen LogP contribution in [0.2, 0.25) is 5.02 Å². The molecule has 1 saturated carbocycles. The summed E-state index contributed by atoms with van der Waals surface area (Å²) >= 11 is 9.53. The number of ether oxygens (including phenoxy) is 1. The standard InChI is InChI=1S/C13H17BrClNO/c14-10-6-5-9(11(15)7-10)8-17-13-4-2-1-3-12(13)16/h5-7,12-13H,1-4,8,16H2. The van der Waals surface area contributed by atoms with Crippen molar-refractivity contribution in [3.63, 3.8) is 0 Å². The molecule has 1 aliphatic carbocycles. The molecule has 0 bridgehead atoms. The quantitative estimate of drug-likeness (QED) is 0.917. The molecular weight excluding hydrogens is 302 g/mol. The lowest BCUT2D eigenvalue weighted by Crippen LogP contribution is -2.39. The van der Waals surface area contributed by atoms with Gasteiger partial charge in [-0.3, -0.25) is 0 Å². The number of halogens is 2. The third-order valence-electron chi connectivity index (χ3n) is 3.22. The monoisotopic (exact) mass is 317 g/mol. The molecule has 0 aliphatic heterocycles. The van der Waals surface area contributed by atoms with E-state index in [-0.39, 0.29) is 12.1 Å². The van der Waals surface area contributed by atoms with E-state index in [1.165, 1.54) is 12.8 Å². The van der Waals surface area contributed by atoms with E-state index in [1.54, 1.807) is 0 Å². The molecule has 1 aromatic carbocycles. The molecule has 2 N–H and O–H groups in total. The first-order valence-electron chi connectivity index (χ1n) is 5.98. The smallest absolute Gasteiger partial charge is 0.0735 e. The van der Waals surface area contributed by atoms with Crippen molar-refractivity contribution in [3.8, 4) is 0 Å². The highest BCUT2D eigenvalue weighted by molar-refractivity contribution is 9.10. The zero-order chi connectivity index (χ0) is 12.3. The lowest BCUT2D eigenvalue weighted by Gasteiger charge is -2.28. The Labute approximate surface area is 116 Å². The minimum Gasteiger partial charge on any atom is -0.372 e. The van der Waals surface area contributed by atoms with E-state index in [0.717, 1.165) is 27.9 Å². The van der Waals surface area contributed by atoms with Gasteiger partial charge in [-0.05, 0) is 30.5 Å². The molecule has 0 heterocycles. The van der Waals surface area contributed by atoms with Crippen LogP contribution in [0.25, 0.3) is 0 Å². The SMILES string of the molecule is NC1CCCCC1OCc1ccc(Br)cc1Cl. The summed E-state index contributed by atoms with van der Waals surface area (Å²) < 4.78 is 6.86. The Hall–Kier alpha value is -0.0900. The summed E-state index contributed by atoms with van der Waals surface area (Å²) in [7, 11) is 0. The fourth-order valence-corrected chi connectivity index (χ4v) is 2.90. The lowest BCUT2D eigenvalue weighted by atomic mass is 9.93. The molecule has 0 spiro atoms. The van der Waals surface area contributed by atoms with E-state index in [0.29, 0.717) is 6.61 Å². The van der Waals surface area contributed by atoms with Crippen LogP contribution in [0.5, 0.6) is 0 Å². The maximum absolute atomic E-state index is 6.14. The highest BCUT2D eigenvalue weighted by Crippen LogP contribution is 2.25. The minimum absolute atomic E-state index is 0.179. The Morgan fingerprint density at radius 3 is 2.82 bits per heavy atom. The van der Waals surface area contributed by atoms with Gasteiger partial charge in [0.05, 0.1) is 12.7 Å². The average molecular weight is 319 g/mol. The van der Waals surface area contributed by atoms with Crippen molar-refractivity contribution >= 4 is 27.5 Å². The summed E-state index contributed by atoms with van der Waals surface area (Å²) in [6.07, 6.45) is 4.75. The van der Waals surface area contributed by atoms with Gasteiger partial charge < -0.3 is 10.5 Å². The van der Waals surface area contributed by atoms with Crippen LogP contribution in [0, 0.1) is 0 Å². The molecule has 0 amide bonds. The maximum Gasteiger partial charge on any atom is 0.0735 e. The first kappa shape index (κ1) is 13.3. The van der Waals surface area contributed by atoms with Gasteiger partial charge in [0, 0.05) is 15.5 Å². The van der Waals surface area contributed by atoms with Crippen molar-refractivity contribution in [2.75, 3.05) is 0 Å². The highest BCUT2D eigenvalue weighted by Gasteiger charge is 2.22. The van der Waals surface area contributed by atoms with Gasteiger partial charge in [0.25, 0.3) is 0 Å². The van der Waals surface area contributed by atoms with Gasteiger partial charge in [-0.2, -0.15) is 0 Å². The van der Waals surface area contributed by atoms with E-state index in [2.05, 4.69) is 15.9 Å². The average Bonchev–Trinajstić information content (AvgIpc) is 2.30. The molecule has 2 rings (SSSR count).